The quantitative estimate of drug-likeness (QED) is 0.320. The maximum absolute atomic E-state index is 13.2. The normalized spacial score (nSPS) is 19.6. The van der Waals surface area contributed by atoms with Gasteiger partial charge in [-0.25, -0.2) is 9.69 Å². The van der Waals surface area contributed by atoms with Gasteiger partial charge in [-0.2, -0.15) is 0 Å². The van der Waals surface area contributed by atoms with Crippen LogP contribution in [0.3, 0.4) is 0 Å². The van der Waals surface area contributed by atoms with Crippen LogP contribution in [0.5, 0.6) is 0 Å². The molecule has 0 N–H and O–H groups in total. The number of carbonyl (C=O) groups is 3. The van der Waals surface area contributed by atoms with Crippen molar-refractivity contribution in [2.45, 2.75) is 38.6 Å². The molecular weight excluding hydrogens is 432 g/mol. The molecule has 2 aliphatic heterocycles. The molecule has 0 bridgehead atoms. The second-order valence-corrected chi connectivity index (χ2v) is 8.81. The van der Waals surface area contributed by atoms with Crippen molar-refractivity contribution in [2.24, 2.45) is 0 Å². The minimum atomic E-state index is -0.423. The first-order valence-corrected chi connectivity index (χ1v) is 12.1. The first-order chi connectivity index (χ1) is 16.6. The number of aromatic nitrogens is 1. The van der Waals surface area contributed by atoms with Gasteiger partial charge in [0, 0.05) is 45.1 Å². The standard InChI is InChI=1S/C26H32N4O4/c1-2-3-18-34-26(33)21-4-6-22(7-5-21)30-24(31)19-23(25(30)32)29-16-14-28(15-17-29)13-10-20-8-11-27-12-9-20/h4-9,11-12,23H,2-3,10,13-19H2,1H3. The lowest BCUT2D eigenvalue weighted by Gasteiger charge is -2.37. The maximum atomic E-state index is 13.2. The fourth-order valence-corrected chi connectivity index (χ4v) is 4.45. The fraction of sp³-hybridized carbons (Fsp3) is 0.462. The number of esters is 1. The Morgan fingerprint density at radius 2 is 1.74 bits per heavy atom. The summed E-state index contributed by atoms with van der Waals surface area (Å²) in [6.07, 6.45) is 6.56. The van der Waals surface area contributed by atoms with Crippen molar-refractivity contribution in [2.75, 3.05) is 44.2 Å². The number of imide groups is 1. The summed E-state index contributed by atoms with van der Waals surface area (Å²) >= 11 is 0. The van der Waals surface area contributed by atoms with Gasteiger partial charge in [-0.15, -0.1) is 0 Å². The van der Waals surface area contributed by atoms with E-state index in [1.165, 1.54) is 10.5 Å². The monoisotopic (exact) mass is 464 g/mol. The summed E-state index contributed by atoms with van der Waals surface area (Å²) in [7, 11) is 0. The molecule has 3 heterocycles. The van der Waals surface area contributed by atoms with Crippen LogP contribution in [0.15, 0.2) is 48.8 Å². The van der Waals surface area contributed by atoms with E-state index in [2.05, 4.69) is 14.8 Å². The van der Waals surface area contributed by atoms with Gasteiger partial charge in [-0.05, 0) is 54.8 Å². The van der Waals surface area contributed by atoms with Gasteiger partial charge in [0.25, 0.3) is 5.91 Å². The highest BCUT2D eigenvalue weighted by Crippen LogP contribution is 2.27. The summed E-state index contributed by atoms with van der Waals surface area (Å²) in [6, 6.07) is 10.2. The smallest absolute Gasteiger partial charge is 0.338 e. The highest BCUT2D eigenvalue weighted by molar-refractivity contribution is 6.22. The van der Waals surface area contributed by atoms with Crippen LogP contribution in [0, 0.1) is 0 Å². The third kappa shape index (κ3) is 5.69. The van der Waals surface area contributed by atoms with Gasteiger partial charge in [0.1, 0.15) is 0 Å². The summed E-state index contributed by atoms with van der Waals surface area (Å²) in [4.78, 5) is 47.8. The fourth-order valence-electron chi connectivity index (χ4n) is 4.45. The first kappa shape index (κ1) is 24.0. The van der Waals surface area contributed by atoms with Crippen LogP contribution in [-0.4, -0.2) is 77.9 Å². The van der Waals surface area contributed by atoms with Crippen LogP contribution in [0.1, 0.15) is 42.1 Å². The molecule has 0 spiro atoms. The van der Waals surface area contributed by atoms with Gasteiger partial charge < -0.3 is 9.64 Å². The molecule has 2 fully saturated rings. The number of ether oxygens (including phenoxy) is 1. The van der Waals surface area contributed by atoms with Crippen LogP contribution in [0.25, 0.3) is 0 Å². The summed E-state index contributed by atoms with van der Waals surface area (Å²) in [5.74, 6) is -0.777. The van der Waals surface area contributed by atoms with Crippen molar-refractivity contribution >= 4 is 23.5 Å². The molecule has 0 aliphatic carbocycles. The van der Waals surface area contributed by atoms with E-state index in [9.17, 15) is 14.4 Å². The molecule has 0 saturated carbocycles. The predicted octanol–water partition coefficient (Wildman–Crippen LogP) is 2.53. The van der Waals surface area contributed by atoms with Gasteiger partial charge in [0.15, 0.2) is 0 Å². The summed E-state index contributed by atoms with van der Waals surface area (Å²) in [5.41, 5.74) is 2.18. The molecule has 2 amide bonds. The average molecular weight is 465 g/mol. The zero-order chi connectivity index (χ0) is 23.9. The molecule has 34 heavy (non-hydrogen) atoms. The number of nitrogens with zero attached hydrogens (tertiary/aromatic N) is 4. The number of anilines is 1. The molecule has 2 aromatic rings. The highest BCUT2D eigenvalue weighted by Gasteiger charge is 2.43. The number of rotatable bonds is 9. The maximum Gasteiger partial charge on any atom is 0.338 e. The van der Waals surface area contributed by atoms with E-state index in [0.29, 0.717) is 17.9 Å². The molecule has 180 valence electrons. The van der Waals surface area contributed by atoms with Crippen LogP contribution in [0.2, 0.25) is 0 Å². The van der Waals surface area contributed by atoms with Gasteiger partial charge in [0.05, 0.1) is 30.3 Å². The van der Waals surface area contributed by atoms with Crippen LogP contribution < -0.4 is 4.90 Å². The lowest BCUT2D eigenvalue weighted by atomic mass is 10.1. The van der Waals surface area contributed by atoms with Crippen molar-refractivity contribution in [3.63, 3.8) is 0 Å². The molecular formula is C26H32N4O4. The molecule has 1 aromatic heterocycles. The van der Waals surface area contributed by atoms with Crippen molar-refractivity contribution in [3.05, 3.63) is 59.9 Å². The van der Waals surface area contributed by atoms with Crippen LogP contribution >= 0.6 is 0 Å². The molecule has 8 heteroatoms. The lowest BCUT2D eigenvalue weighted by molar-refractivity contribution is -0.123. The van der Waals surface area contributed by atoms with Gasteiger partial charge in [-0.3, -0.25) is 19.5 Å². The topological polar surface area (TPSA) is 83.1 Å². The largest absolute Gasteiger partial charge is 0.462 e. The Balaban J connectivity index is 1.30. The Bertz CT molecular complexity index is 988. The molecule has 8 nitrogen and oxygen atoms in total. The molecule has 2 saturated heterocycles. The summed E-state index contributed by atoms with van der Waals surface area (Å²) in [5, 5.41) is 0. The Morgan fingerprint density at radius 3 is 2.41 bits per heavy atom. The van der Waals surface area contributed by atoms with E-state index in [-0.39, 0.29) is 18.2 Å². The minimum Gasteiger partial charge on any atom is -0.462 e. The minimum absolute atomic E-state index is 0.187. The molecule has 1 aromatic carbocycles. The van der Waals surface area contributed by atoms with Crippen LogP contribution in [0.4, 0.5) is 5.69 Å². The Morgan fingerprint density at radius 1 is 1.03 bits per heavy atom. The summed E-state index contributed by atoms with van der Waals surface area (Å²) in [6.45, 7) is 6.65. The second kappa shape index (κ2) is 11.4. The SMILES string of the molecule is CCCCOC(=O)c1ccc(N2C(=O)CC(N3CCN(CCc4ccncc4)CC3)C2=O)cc1. The second-order valence-electron chi connectivity index (χ2n) is 8.81. The Hall–Kier alpha value is -3.10. The number of hydrogen-bond acceptors (Lipinski definition) is 7. The predicted molar refractivity (Wildman–Crippen MR) is 128 cm³/mol. The number of hydrogen-bond donors (Lipinski definition) is 0. The average Bonchev–Trinajstić information content (AvgIpc) is 3.17. The highest BCUT2D eigenvalue weighted by atomic mass is 16.5. The third-order valence-corrected chi connectivity index (χ3v) is 6.53. The van der Waals surface area contributed by atoms with E-state index < -0.39 is 12.0 Å². The van der Waals surface area contributed by atoms with Crippen LogP contribution in [-0.2, 0) is 20.7 Å². The number of amides is 2. The van der Waals surface area contributed by atoms with E-state index in [0.717, 1.165) is 52.0 Å². The molecule has 4 rings (SSSR count). The van der Waals surface area contributed by atoms with E-state index in [4.69, 9.17) is 4.74 Å². The number of carbonyl (C=O) groups excluding carboxylic acids is 3. The molecule has 0 radical (unpaired) electrons. The number of unbranched alkanes of at least 4 members (excludes halogenated alkanes) is 1. The lowest BCUT2D eigenvalue weighted by Crippen LogP contribution is -2.52. The van der Waals surface area contributed by atoms with Crippen molar-refractivity contribution in [1.82, 2.24) is 14.8 Å². The van der Waals surface area contributed by atoms with Crippen molar-refractivity contribution in [1.29, 1.82) is 0 Å². The number of piperazine rings is 1. The molecule has 1 unspecified atom stereocenters. The molecule has 2 aliphatic rings. The van der Waals surface area contributed by atoms with E-state index >= 15 is 0 Å². The zero-order valence-electron chi connectivity index (χ0n) is 19.7. The third-order valence-electron chi connectivity index (χ3n) is 6.53. The number of pyridine rings is 1. The van der Waals surface area contributed by atoms with E-state index in [1.807, 2.05) is 31.5 Å². The summed E-state index contributed by atoms with van der Waals surface area (Å²) < 4.78 is 5.22. The van der Waals surface area contributed by atoms with Crippen molar-refractivity contribution < 1.29 is 19.1 Å². The van der Waals surface area contributed by atoms with Gasteiger partial charge in [0.2, 0.25) is 5.91 Å². The molecule has 1 atom stereocenters. The van der Waals surface area contributed by atoms with Gasteiger partial charge >= 0.3 is 5.97 Å². The first-order valence-electron chi connectivity index (χ1n) is 12.1. The number of benzene rings is 1. The van der Waals surface area contributed by atoms with E-state index in [1.54, 1.807) is 24.3 Å². The zero-order valence-corrected chi connectivity index (χ0v) is 19.7. The Kier molecular flexibility index (Phi) is 8.03. The van der Waals surface area contributed by atoms with Crippen molar-refractivity contribution in [3.8, 4) is 0 Å². The Labute approximate surface area is 200 Å². The van der Waals surface area contributed by atoms with Gasteiger partial charge in [-0.1, -0.05) is 13.3 Å².